The molecule has 3 heteroatoms. The molecule has 29 heavy (non-hydrogen) atoms. The first kappa shape index (κ1) is 22.7. The number of esters is 1. The molecule has 0 aliphatic rings. The SMILES string of the molecule is C=C(c1ccc(N(CC)CC)cc1C)c1ccccc1C(=O)OCCCCCC. The number of hydrogen-bond donors (Lipinski definition) is 0. The summed E-state index contributed by atoms with van der Waals surface area (Å²) in [6.45, 7) is 15.3. The van der Waals surface area contributed by atoms with E-state index in [2.05, 4.69) is 57.4 Å². The van der Waals surface area contributed by atoms with Crippen LogP contribution in [0, 0.1) is 6.92 Å². The number of rotatable bonds is 11. The summed E-state index contributed by atoms with van der Waals surface area (Å²) < 4.78 is 5.52. The van der Waals surface area contributed by atoms with Gasteiger partial charge in [-0.3, -0.25) is 0 Å². The Bertz CT molecular complexity index is 821. The van der Waals surface area contributed by atoms with Gasteiger partial charge in [0.1, 0.15) is 0 Å². The predicted molar refractivity (Wildman–Crippen MR) is 124 cm³/mol. The molecule has 0 saturated heterocycles. The van der Waals surface area contributed by atoms with Crippen LogP contribution in [-0.4, -0.2) is 25.7 Å². The van der Waals surface area contributed by atoms with E-state index >= 15 is 0 Å². The van der Waals surface area contributed by atoms with Gasteiger partial charge in [-0.15, -0.1) is 0 Å². The van der Waals surface area contributed by atoms with Crippen LogP contribution in [0.25, 0.3) is 5.57 Å². The molecule has 156 valence electrons. The maximum atomic E-state index is 12.7. The van der Waals surface area contributed by atoms with Gasteiger partial charge in [0.2, 0.25) is 0 Å². The highest BCUT2D eigenvalue weighted by atomic mass is 16.5. The molecule has 0 N–H and O–H groups in total. The highest BCUT2D eigenvalue weighted by molar-refractivity contribution is 5.98. The van der Waals surface area contributed by atoms with E-state index in [-0.39, 0.29) is 5.97 Å². The molecule has 0 atom stereocenters. The molecule has 0 heterocycles. The van der Waals surface area contributed by atoms with Crippen LogP contribution >= 0.6 is 0 Å². The molecule has 0 aliphatic carbocycles. The van der Waals surface area contributed by atoms with Gasteiger partial charge in [-0.2, -0.15) is 0 Å². The fourth-order valence-electron chi connectivity index (χ4n) is 3.61. The summed E-state index contributed by atoms with van der Waals surface area (Å²) in [5, 5.41) is 0. The summed E-state index contributed by atoms with van der Waals surface area (Å²) in [6, 6.07) is 14.0. The fraction of sp³-hybridized carbons (Fsp3) is 0.423. The molecular formula is C26H35NO2. The lowest BCUT2D eigenvalue weighted by Gasteiger charge is -2.22. The zero-order chi connectivity index (χ0) is 21.2. The van der Waals surface area contributed by atoms with Crippen molar-refractivity contribution < 1.29 is 9.53 Å². The number of anilines is 1. The smallest absolute Gasteiger partial charge is 0.338 e. The third-order valence-electron chi connectivity index (χ3n) is 5.37. The second-order valence-corrected chi connectivity index (χ2v) is 7.39. The minimum absolute atomic E-state index is 0.268. The van der Waals surface area contributed by atoms with Crippen LogP contribution in [0.2, 0.25) is 0 Å². The van der Waals surface area contributed by atoms with E-state index in [0.29, 0.717) is 12.2 Å². The van der Waals surface area contributed by atoms with Crippen molar-refractivity contribution in [3.8, 4) is 0 Å². The molecule has 0 radical (unpaired) electrons. The quantitative estimate of drug-likeness (QED) is 0.316. The van der Waals surface area contributed by atoms with Crippen molar-refractivity contribution in [2.75, 3.05) is 24.6 Å². The van der Waals surface area contributed by atoms with Gasteiger partial charge < -0.3 is 9.64 Å². The lowest BCUT2D eigenvalue weighted by atomic mass is 9.92. The van der Waals surface area contributed by atoms with E-state index in [1.165, 1.54) is 18.5 Å². The number of carbonyl (C=O) groups is 1. The van der Waals surface area contributed by atoms with E-state index in [1.807, 2.05) is 24.3 Å². The minimum atomic E-state index is -0.268. The molecule has 0 aliphatic heterocycles. The molecule has 0 aromatic heterocycles. The van der Waals surface area contributed by atoms with E-state index < -0.39 is 0 Å². The van der Waals surface area contributed by atoms with Gasteiger partial charge in [-0.25, -0.2) is 4.79 Å². The highest BCUT2D eigenvalue weighted by Gasteiger charge is 2.17. The van der Waals surface area contributed by atoms with Gasteiger partial charge in [0, 0.05) is 18.8 Å². The topological polar surface area (TPSA) is 29.5 Å². The maximum absolute atomic E-state index is 12.7. The average Bonchev–Trinajstić information content (AvgIpc) is 2.74. The van der Waals surface area contributed by atoms with Crippen LogP contribution in [0.3, 0.4) is 0 Å². The fourth-order valence-corrected chi connectivity index (χ4v) is 3.61. The van der Waals surface area contributed by atoms with E-state index in [1.54, 1.807) is 0 Å². The number of ether oxygens (including phenoxy) is 1. The van der Waals surface area contributed by atoms with Crippen molar-refractivity contribution in [2.24, 2.45) is 0 Å². The van der Waals surface area contributed by atoms with Crippen LogP contribution in [-0.2, 0) is 4.74 Å². The van der Waals surface area contributed by atoms with Crippen molar-refractivity contribution in [1.82, 2.24) is 0 Å². The number of aryl methyl sites for hydroxylation is 1. The molecule has 0 spiro atoms. The number of benzene rings is 2. The first-order valence-electron chi connectivity index (χ1n) is 10.8. The largest absolute Gasteiger partial charge is 0.462 e. The Morgan fingerprint density at radius 2 is 1.62 bits per heavy atom. The Kier molecular flexibility index (Phi) is 8.98. The molecule has 0 fully saturated rings. The van der Waals surface area contributed by atoms with Crippen LogP contribution in [0.15, 0.2) is 49.0 Å². The Morgan fingerprint density at radius 3 is 2.24 bits per heavy atom. The molecule has 0 saturated carbocycles. The van der Waals surface area contributed by atoms with Gasteiger partial charge in [0.05, 0.1) is 12.2 Å². The normalized spacial score (nSPS) is 10.6. The van der Waals surface area contributed by atoms with Crippen molar-refractivity contribution in [3.63, 3.8) is 0 Å². The van der Waals surface area contributed by atoms with Crippen molar-refractivity contribution in [2.45, 2.75) is 53.4 Å². The van der Waals surface area contributed by atoms with E-state index in [0.717, 1.165) is 48.2 Å². The van der Waals surface area contributed by atoms with Crippen molar-refractivity contribution >= 4 is 17.2 Å². The monoisotopic (exact) mass is 393 g/mol. The molecule has 2 aromatic rings. The summed E-state index contributed by atoms with van der Waals surface area (Å²) in [7, 11) is 0. The number of hydrogen-bond acceptors (Lipinski definition) is 3. The second kappa shape index (κ2) is 11.5. The van der Waals surface area contributed by atoms with Crippen LogP contribution in [0.1, 0.15) is 73.5 Å². The molecule has 0 amide bonds. The second-order valence-electron chi connectivity index (χ2n) is 7.39. The zero-order valence-electron chi connectivity index (χ0n) is 18.5. The van der Waals surface area contributed by atoms with Crippen LogP contribution < -0.4 is 4.90 Å². The summed E-state index contributed by atoms with van der Waals surface area (Å²) >= 11 is 0. The molecule has 0 bridgehead atoms. The molecule has 2 rings (SSSR count). The minimum Gasteiger partial charge on any atom is -0.462 e. The Hall–Kier alpha value is -2.55. The first-order valence-corrected chi connectivity index (χ1v) is 10.8. The highest BCUT2D eigenvalue weighted by Crippen LogP contribution is 2.30. The maximum Gasteiger partial charge on any atom is 0.338 e. The molecule has 3 nitrogen and oxygen atoms in total. The number of nitrogens with zero attached hydrogens (tertiary/aromatic N) is 1. The third kappa shape index (κ3) is 5.96. The van der Waals surface area contributed by atoms with Crippen molar-refractivity contribution in [1.29, 1.82) is 0 Å². The van der Waals surface area contributed by atoms with Gasteiger partial charge in [-0.1, -0.05) is 57.0 Å². The van der Waals surface area contributed by atoms with Crippen LogP contribution in [0.5, 0.6) is 0 Å². The Balaban J connectivity index is 2.20. The third-order valence-corrected chi connectivity index (χ3v) is 5.37. The summed E-state index contributed by atoms with van der Waals surface area (Å²) in [5.74, 6) is -0.268. The number of unbranched alkanes of at least 4 members (excludes halogenated alkanes) is 3. The summed E-state index contributed by atoms with van der Waals surface area (Å²) in [4.78, 5) is 15.0. The van der Waals surface area contributed by atoms with E-state index in [9.17, 15) is 4.79 Å². The Labute approximate surface area is 176 Å². The van der Waals surface area contributed by atoms with Gasteiger partial charge >= 0.3 is 5.97 Å². The number of carbonyl (C=O) groups excluding carboxylic acids is 1. The Morgan fingerprint density at radius 1 is 0.931 bits per heavy atom. The van der Waals surface area contributed by atoms with Crippen molar-refractivity contribution in [3.05, 3.63) is 71.3 Å². The van der Waals surface area contributed by atoms with Gasteiger partial charge in [0.25, 0.3) is 0 Å². The lowest BCUT2D eigenvalue weighted by molar-refractivity contribution is 0.0497. The van der Waals surface area contributed by atoms with Gasteiger partial charge in [-0.05, 0) is 67.7 Å². The zero-order valence-corrected chi connectivity index (χ0v) is 18.5. The standard InChI is InChI=1S/C26H35NO2/c1-6-9-10-13-18-29-26(28)25-15-12-11-14-24(25)21(5)23-17-16-22(19-20(23)4)27(7-2)8-3/h11-12,14-17,19H,5-10,13,18H2,1-4H3. The first-order chi connectivity index (χ1) is 14.0. The van der Waals surface area contributed by atoms with Crippen LogP contribution in [0.4, 0.5) is 5.69 Å². The lowest BCUT2D eigenvalue weighted by Crippen LogP contribution is -2.21. The summed E-state index contributed by atoms with van der Waals surface area (Å²) in [5.41, 5.74) is 5.70. The van der Waals surface area contributed by atoms with Gasteiger partial charge in [0.15, 0.2) is 0 Å². The summed E-state index contributed by atoms with van der Waals surface area (Å²) in [6.07, 6.45) is 4.35. The average molecular weight is 394 g/mol. The molecule has 0 unspecified atom stereocenters. The predicted octanol–water partition coefficient (Wildman–Crippen LogP) is 6.64. The molecular weight excluding hydrogens is 358 g/mol. The molecule has 2 aromatic carbocycles. The van der Waals surface area contributed by atoms with E-state index in [4.69, 9.17) is 4.74 Å².